The minimum absolute atomic E-state index is 0.121. The zero-order chi connectivity index (χ0) is 12.6. The first-order valence-electron chi connectivity index (χ1n) is 5.18. The van der Waals surface area contributed by atoms with E-state index in [1.54, 1.807) is 23.5 Å². The zero-order valence-electron chi connectivity index (χ0n) is 9.85. The molecule has 4 nitrogen and oxygen atoms in total. The summed E-state index contributed by atoms with van der Waals surface area (Å²) in [5.74, 6) is 0. The molecule has 0 bridgehead atoms. The lowest BCUT2D eigenvalue weighted by atomic mass is 10.0. The van der Waals surface area contributed by atoms with Crippen molar-refractivity contribution in [1.29, 1.82) is 0 Å². The molecule has 88 valence electrons. The maximum absolute atomic E-state index is 10.7. The number of benzene rings is 1. The third-order valence-corrected chi connectivity index (χ3v) is 3.47. The summed E-state index contributed by atoms with van der Waals surface area (Å²) in [5, 5.41) is 11.7. The Morgan fingerprint density at radius 2 is 2.00 bits per heavy atom. The van der Waals surface area contributed by atoms with Gasteiger partial charge in [0, 0.05) is 22.6 Å². The maximum atomic E-state index is 10.7. The fourth-order valence-corrected chi connectivity index (χ4v) is 2.64. The number of rotatable bonds is 2. The van der Waals surface area contributed by atoms with Crippen molar-refractivity contribution in [3.05, 3.63) is 43.8 Å². The molecule has 0 atom stereocenters. The molecule has 1 aromatic carbocycles. The summed E-state index contributed by atoms with van der Waals surface area (Å²) in [6.07, 6.45) is 0. The Kier molecular flexibility index (Phi) is 2.93. The molecular formula is C12H12N2O2S. The zero-order valence-corrected chi connectivity index (χ0v) is 10.7. The molecule has 1 aromatic heterocycles. The van der Waals surface area contributed by atoms with Crippen LogP contribution in [0.4, 0.5) is 5.69 Å². The van der Waals surface area contributed by atoms with Gasteiger partial charge in [-0.15, -0.1) is 11.3 Å². The van der Waals surface area contributed by atoms with E-state index in [1.165, 1.54) is 6.07 Å². The molecule has 0 saturated heterocycles. The Balaban J connectivity index is 2.54. The Morgan fingerprint density at radius 3 is 2.47 bits per heavy atom. The van der Waals surface area contributed by atoms with Crippen molar-refractivity contribution in [2.45, 2.75) is 20.8 Å². The number of hydrogen-bond acceptors (Lipinski definition) is 4. The predicted molar refractivity (Wildman–Crippen MR) is 68.4 cm³/mol. The van der Waals surface area contributed by atoms with Crippen molar-refractivity contribution in [2.24, 2.45) is 0 Å². The van der Waals surface area contributed by atoms with Crippen LogP contribution in [0, 0.1) is 30.9 Å². The van der Waals surface area contributed by atoms with Crippen LogP contribution < -0.4 is 0 Å². The molecule has 1 heterocycles. The van der Waals surface area contributed by atoms with Gasteiger partial charge in [0.05, 0.1) is 15.6 Å². The van der Waals surface area contributed by atoms with Gasteiger partial charge in [-0.05, 0) is 32.4 Å². The Labute approximate surface area is 103 Å². The number of nitrogens with zero attached hydrogens (tertiary/aromatic N) is 2. The van der Waals surface area contributed by atoms with E-state index in [2.05, 4.69) is 4.98 Å². The van der Waals surface area contributed by atoms with Crippen molar-refractivity contribution in [3.63, 3.8) is 0 Å². The molecule has 2 rings (SSSR count). The van der Waals surface area contributed by atoms with E-state index in [1.807, 2.05) is 20.8 Å². The van der Waals surface area contributed by atoms with Crippen molar-refractivity contribution < 1.29 is 4.92 Å². The largest absolute Gasteiger partial charge is 0.269 e. The van der Waals surface area contributed by atoms with Crippen LogP contribution in [0.1, 0.15) is 15.4 Å². The van der Waals surface area contributed by atoms with E-state index >= 15 is 0 Å². The van der Waals surface area contributed by atoms with Crippen LogP contribution >= 0.6 is 11.3 Å². The van der Waals surface area contributed by atoms with Gasteiger partial charge in [-0.25, -0.2) is 4.98 Å². The first-order chi connectivity index (χ1) is 7.99. The van der Waals surface area contributed by atoms with Crippen LogP contribution in [0.2, 0.25) is 0 Å². The number of non-ortho nitro benzene ring substituents is 1. The van der Waals surface area contributed by atoms with Crippen molar-refractivity contribution in [2.75, 3.05) is 0 Å². The van der Waals surface area contributed by atoms with Gasteiger partial charge in [-0.1, -0.05) is 0 Å². The quantitative estimate of drug-likeness (QED) is 0.602. The normalized spacial score (nSPS) is 10.5. The summed E-state index contributed by atoms with van der Waals surface area (Å²) in [4.78, 5) is 15.9. The lowest BCUT2D eigenvalue weighted by Crippen LogP contribution is -1.91. The summed E-state index contributed by atoms with van der Waals surface area (Å²) >= 11 is 1.64. The van der Waals surface area contributed by atoms with Crippen molar-refractivity contribution in [1.82, 2.24) is 4.98 Å². The molecule has 0 aliphatic carbocycles. The maximum Gasteiger partial charge on any atom is 0.269 e. The first kappa shape index (κ1) is 11.7. The fraction of sp³-hybridized carbons (Fsp3) is 0.250. The summed E-state index contributed by atoms with van der Waals surface area (Å²) in [6.45, 7) is 5.85. The topological polar surface area (TPSA) is 56.0 Å². The summed E-state index contributed by atoms with van der Waals surface area (Å²) in [5.41, 5.74) is 2.90. The summed E-state index contributed by atoms with van der Waals surface area (Å²) in [6, 6.07) is 4.88. The lowest BCUT2D eigenvalue weighted by molar-refractivity contribution is -0.384. The minimum atomic E-state index is -0.379. The first-order valence-corrected chi connectivity index (χ1v) is 6.00. The van der Waals surface area contributed by atoms with Crippen molar-refractivity contribution in [3.8, 4) is 11.3 Å². The van der Waals surface area contributed by atoms with Gasteiger partial charge in [0.15, 0.2) is 0 Å². The highest BCUT2D eigenvalue weighted by Gasteiger charge is 2.13. The number of aryl methyl sites for hydroxylation is 3. The molecule has 0 radical (unpaired) electrons. The van der Waals surface area contributed by atoms with Gasteiger partial charge >= 0.3 is 0 Å². The number of aromatic nitrogens is 1. The second-order valence-electron chi connectivity index (χ2n) is 3.89. The van der Waals surface area contributed by atoms with E-state index in [0.29, 0.717) is 0 Å². The van der Waals surface area contributed by atoms with E-state index in [-0.39, 0.29) is 10.6 Å². The SMILES string of the molecule is Cc1nc(-c2ccc([N+](=O)[O-])cc2C)c(C)s1. The molecule has 2 aromatic rings. The molecule has 0 aliphatic heterocycles. The van der Waals surface area contributed by atoms with Crippen LogP contribution in [0.3, 0.4) is 0 Å². The lowest BCUT2D eigenvalue weighted by Gasteiger charge is -2.03. The number of nitro groups is 1. The number of nitro benzene ring substituents is 1. The van der Waals surface area contributed by atoms with Crippen molar-refractivity contribution >= 4 is 17.0 Å². The second kappa shape index (κ2) is 4.25. The average molecular weight is 248 g/mol. The highest BCUT2D eigenvalue weighted by Crippen LogP contribution is 2.31. The molecule has 0 N–H and O–H groups in total. The highest BCUT2D eigenvalue weighted by molar-refractivity contribution is 7.11. The number of hydrogen-bond donors (Lipinski definition) is 0. The number of thiazole rings is 1. The third kappa shape index (κ3) is 2.19. The van der Waals surface area contributed by atoms with Gasteiger partial charge in [0.1, 0.15) is 0 Å². The van der Waals surface area contributed by atoms with E-state index in [4.69, 9.17) is 0 Å². The van der Waals surface area contributed by atoms with Gasteiger partial charge in [-0.2, -0.15) is 0 Å². The van der Waals surface area contributed by atoms with Crippen LogP contribution in [0.15, 0.2) is 18.2 Å². The predicted octanol–water partition coefficient (Wildman–Crippen LogP) is 3.64. The smallest absolute Gasteiger partial charge is 0.258 e. The molecule has 0 aliphatic rings. The van der Waals surface area contributed by atoms with E-state index in [0.717, 1.165) is 26.7 Å². The van der Waals surface area contributed by atoms with Crippen LogP contribution in [-0.2, 0) is 0 Å². The fourth-order valence-electron chi connectivity index (χ4n) is 1.81. The molecular weight excluding hydrogens is 236 g/mol. The molecule has 0 amide bonds. The van der Waals surface area contributed by atoms with Gasteiger partial charge in [0.2, 0.25) is 0 Å². The van der Waals surface area contributed by atoms with E-state index < -0.39 is 0 Å². The molecule has 17 heavy (non-hydrogen) atoms. The summed E-state index contributed by atoms with van der Waals surface area (Å²) in [7, 11) is 0. The van der Waals surface area contributed by atoms with E-state index in [9.17, 15) is 10.1 Å². The van der Waals surface area contributed by atoms with Crippen LogP contribution in [0.25, 0.3) is 11.3 Å². The second-order valence-corrected chi connectivity index (χ2v) is 5.30. The molecule has 0 saturated carbocycles. The molecule has 0 spiro atoms. The average Bonchev–Trinajstić information content (AvgIpc) is 2.57. The minimum Gasteiger partial charge on any atom is -0.258 e. The van der Waals surface area contributed by atoms with Crippen LogP contribution in [0.5, 0.6) is 0 Å². The Morgan fingerprint density at radius 1 is 1.29 bits per heavy atom. The third-order valence-electron chi connectivity index (χ3n) is 2.58. The highest BCUT2D eigenvalue weighted by atomic mass is 32.1. The standard InChI is InChI=1S/C12H12N2O2S/c1-7-6-10(14(15)16)4-5-11(7)12-8(2)17-9(3)13-12/h4-6H,1-3H3. The van der Waals surface area contributed by atoms with Gasteiger partial charge in [0.25, 0.3) is 5.69 Å². The van der Waals surface area contributed by atoms with Gasteiger partial charge in [-0.3, -0.25) is 10.1 Å². The summed E-state index contributed by atoms with van der Waals surface area (Å²) < 4.78 is 0. The van der Waals surface area contributed by atoms with Crippen LogP contribution in [-0.4, -0.2) is 9.91 Å². The molecule has 0 fully saturated rings. The monoisotopic (exact) mass is 248 g/mol. The Bertz CT molecular complexity index is 590. The van der Waals surface area contributed by atoms with Gasteiger partial charge < -0.3 is 0 Å². The molecule has 0 unspecified atom stereocenters. The molecule has 5 heteroatoms. The Hall–Kier alpha value is -1.75.